The van der Waals surface area contributed by atoms with Gasteiger partial charge in [0.25, 0.3) is 0 Å². The third-order valence-corrected chi connectivity index (χ3v) is 6.26. The van der Waals surface area contributed by atoms with Gasteiger partial charge in [-0.2, -0.15) is 5.26 Å². The fraction of sp³-hybridized carbons (Fsp3) is 0.545. The Morgan fingerprint density at radius 3 is 2.52 bits per heavy atom. The van der Waals surface area contributed by atoms with E-state index in [9.17, 15) is 19.2 Å². The number of rotatable bonds is 7. The van der Waals surface area contributed by atoms with Crippen molar-refractivity contribution in [3.63, 3.8) is 0 Å². The van der Waals surface area contributed by atoms with Crippen molar-refractivity contribution in [3.05, 3.63) is 42.1 Å². The van der Waals surface area contributed by atoms with Gasteiger partial charge in [0.05, 0.1) is 12.5 Å². The standard InChI is InChI=1S/C22H28FN4O2/c23-18-6-4-17(5-7-18)14-27-13-12-22(15-24,16-27)26-19(28)8-11-21(20(25)29)9-2-1-3-10-21/h4-8H,1-3,9-14,16H2,(H2,25,29)(H,26,28). The maximum absolute atomic E-state index is 13.1. The quantitative estimate of drug-likeness (QED) is 0.736. The number of benzene rings is 1. The molecule has 1 unspecified atom stereocenters. The molecule has 1 aromatic carbocycles. The fourth-order valence-electron chi connectivity index (χ4n) is 4.45. The normalized spacial score (nSPS) is 24.0. The number of nitrogens with two attached hydrogens (primary N) is 1. The summed E-state index contributed by atoms with van der Waals surface area (Å²) in [6.07, 6.45) is 6.71. The Hall–Kier alpha value is -2.46. The first-order valence-corrected chi connectivity index (χ1v) is 10.2. The average Bonchev–Trinajstić information content (AvgIpc) is 3.11. The fourth-order valence-corrected chi connectivity index (χ4v) is 4.45. The molecular formula is C22H28FN4O2. The first kappa shape index (κ1) is 21.3. The van der Waals surface area contributed by atoms with E-state index in [1.807, 2.05) is 0 Å². The smallest absolute Gasteiger partial charge is 0.225 e. The van der Waals surface area contributed by atoms with Crippen LogP contribution in [0.15, 0.2) is 24.3 Å². The summed E-state index contributed by atoms with van der Waals surface area (Å²) in [5.74, 6) is -0.958. The van der Waals surface area contributed by atoms with Gasteiger partial charge in [-0.25, -0.2) is 4.39 Å². The highest BCUT2D eigenvalue weighted by molar-refractivity contribution is 5.88. The van der Waals surface area contributed by atoms with Gasteiger partial charge < -0.3 is 11.1 Å². The molecule has 3 N–H and O–H groups in total. The van der Waals surface area contributed by atoms with Gasteiger partial charge in [0.1, 0.15) is 11.4 Å². The number of carbonyl (C=O) groups is 2. The van der Waals surface area contributed by atoms with E-state index < -0.39 is 11.0 Å². The van der Waals surface area contributed by atoms with Crippen LogP contribution >= 0.6 is 0 Å². The molecule has 0 aromatic heterocycles. The second-order valence-corrected chi connectivity index (χ2v) is 8.38. The zero-order valence-electron chi connectivity index (χ0n) is 16.6. The molecule has 0 spiro atoms. The molecular weight excluding hydrogens is 371 g/mol. The van der Waals surface area contributed by atoms with Crippen molar-refractivity contribution in [2.24, 2.45) is 11.1 Å². The molecule has 1 aromatic rings. The first-order valence-electron chi connectivity index (χ1n) is 10.2. The third-order valence-electron chi connectivity index (χ3n) is 6.26. The molecule has 3 rings (SSSR count). The minimum absolute atomic E-state index is 0.281. The van der Waals surface area contributed by atoms with Crippen molar-refractivity contribution < 1.29 is 14.0 Å². The molecule has 2 amide bonds. The average molecular weight is 399 g/mol. The van der Waals surface area contributed by atoms with Crippen LogP contribution in [0.5, 0.6) is 0 Å². The van der Waals surface area contributed by atoms with E-state index in [4.69, 9.17) is 5.73 Å². The van der Waals surface area contributed by atoms with Gasteiger partial charge in [-0.05, 0) is 43.4 Å². The number of nitrogens with one attached hydrogen (secondary N) is 1. The minimum Gasteiger partial charge on any atom is -0.369 e. The number of nitriles is 1. The molecule has 1 saturated heterocycles. The molecule has 6 nitrogen and oxygen atoms in total. The summed E-state index contributed by atoms with van der Waals surface area (Å²) in [4.78, 5) is 26.6. The summed E-state index contributed by atoms with van der Waals surface area (Å²) >= 11 is 0. The van der Waals surface area contributed by atoms with E-state index in [1.54, 1.807) is 12.1 Å². The zero-order chi connectivity index (χ0) is 20.9. The Bertz CT molecular complexity index is 783. The van der Waals surface area contributed by atoms with E-state index in [0.717, 1.165) is 24.8 Å². The van der Waals surface area contributed by atoms with Crippen LogP contribution < -0.4 is 11.1 Å². The second-order valence-electron chi connectivity index (χ2n) is 8.38. The van der Waals surface area contributed by atoms with Crippen molar-refractivity contribution in [2.45, 2.75) is 57.0 Å². The summed E-state index contributed by atoms with van der Waals surface area (Å²) in [5.41, 5.74) is 4.99. The van der Waals surface area contributed by atoms with Gasteiger partial charge >= 0.3 is 0 Å². The van der Waals surface area contributed by atoms with Crippen LogP contribution in [0.2, 0.25) is 0 Å². The van der Waals surface area contributed by atoms with Crippen LogP contribution in [0.25, 0.3) is 0 Å². The Kier molecular flexibility index (Phi) is 6.53. The molecule has 1 aliphatic heterocycles. The van der Waals surface area contributed by atoms with Gasteiger partial charge in [-0.15, -0.1) is 0 Å². The van der Waals surface area contributed by atoms with Crippen LogP contribution in [-0.2, 0) is 16.1 Å². The van der Waals surface area contributed by atoms with E-state index in [2.05, 4.69) is 16.3 Å². The van der Waals surface area contributed by atoms with Crippen LogP contribution in [0.1, 0.15) is 50.5 Å². The summed E-state index contributed by atoms with van der Waals surface area (Å²) in [5, 5.41) is 12.6. The molecule has 29 heavy (non-hydrogen) atoms. The number of amides is 2. The number of carbonyl (C=O) groups excluding carboxylic acids is 2. The Balaban J connectivity index is 1.55. The number of likely N-dealkylation sites (tertiary alicyclic amines) is 1. The molecule has 155 valence electrons. The molecule has 1 aliphatic carbocycles. The highest BCUT2D eigenvalue weighted by atomic mass is 19.1. The van der Waals surface area contributed by atoms with Crippen LogP contribution in [0, 0.1) is 29.0 Å². The van der Waals surface area contributed by atoms with E-state index >= 15 is 0 Å². The largest absolute Gasteiger partial charge is 0.369 e. The predicted octanol–water partition coefficient (Wildman–Crippen LogP) is 2.44. The Morgan fingerprint density at radius 2 is 1.90 bits per heavy atom. The van der Waals surface area contributed by atoms with Crippen molar-refractivity contribution >= 4 is 11.8 Å². The lowest BCUT2D eigenvalue weighted by atomic mass is 9.70. The van der Waals surface area contributed by atoms with Crippen LogP contribution in [0.3, 0.4) is 0 Å². The highest BCUT2D eigenvalue weighted by Gasteiger charge is 2.41. The molecule has 1 atom stereocenters. The number of nitrogens with zero attached hydrogens (tertiary/aromatic N) is 2. The molecule has 2 aliphatic rings. The SMILES string of the molecule is N#CC1(NC(=O)[CH]CC2(C(N)=O)CCCCC2)CCN(Cc2ccc(F)cc2)C1. The lowest BCUT2D eigenvalue weighted by Crippen LogP contribution is -2.50. The molecule has 1 heterocycles. The van der Waals surface area contributed by atoms with Crippen LogP contribution in [-0.4, -0.2) is 35.3 Å². The number of hydrogen-bond acceptors (Lipinski definition) is 4. The Morgan fingerprint density at radius 1 is 1.21 bits per heavy atom. The van der Waals surface area contributed by atoms with Gasteiger partial charge in [-0.3, -0.25) is 14.5 Å². The molecule has 1 saturated carbocycles. The number of hydrogen-bond donors (Lipinski definition) is 2. The number of halogens is 1. The van der Waals surface area contributed by atoms with Gasteiger partial charge in [0.15, 0.2) is 0 Å². The lowest BCUT2D eigenvalue weighted by molar-refractivity contribution is -0.129. The first-order chi connectivity index (χ1) is 13.9. The predicted molar refractivity (Wildman–Crippen MR) is 106 cm³/mol. The minimum atomic E-state index is -0.958. The number of primary amides is 1. The third kappa shape index (κ3) is 5.13. The van der Waals surface area contributed by atoms with E-state index in [0.29, 0.717) is 45.3 Å². The summed E-state index contributed by atoms with van der Waals surface area (Å²) in [6.45, 7) is 1.66. The van der Waals surface area contributed by atoms with Crippen molar-refractivity contribution in [2.75, 3.05) is 13.1 Å². The summed E-state index contributed by atoms with van der Waals surface area (Å²) < 4.78 is 13.1. The molecule has 2 fully saturated rings. The monoisotopic (exact) mass is 399 g/mol. The maximum Gasteiger partial charge on any atom is 0.225 e. The highest BCUT2D eigenvalue weighted by Crippen LogP contribution is 2.39. The van der Waals surface area contributed by atoms with E-state index in [-0.39, 0.29) is 17.6 Å². The lowest BCUT2D eigenvalue weighted by Gasteiger charge is -2.34. The van der Waals surface area contributed by atoms with Crippen molar-refractivity contribution in [1.29, 1.82) is 5.26 Å². The summed E-state index contributed by atoms with van der Waals surface area (Å²) in [6, 6.07) is 8.54. The van der Waals surface area contributed by atoms with Gasteiger partial charge in [-0.1, -0.05) is 31.4 Å². The zero-order valence-corrected chi connectivity index (χ0v) is 16.6. The molecule has 0 bridgehead atoms. The van der Waals surface area contributed by atoms with E-state index in [1.165, 1.54) is 18.6 Å². The molecule has 7 heteroatoms. The second kappa shape index (κ2) is 8.91. The summed E-state index contributed by atoms with van der Waals surface area (Å²) in [7, 11) is 0. The van der Waals surface area contributed by atoms with Crippen molar-refractivity contribution in [3.8, 4) is 6.07 Å². The maximum atomic E-state index is 13.1. The van der Waals surface area contributed by atoms with Gasteiger partial charge in [0, 0.05) is 25.0 Å². The van der Waals surface area contributed by atoms with Crippen molar-refractivity contribution in [1.82, 2.24) is 10.2 Å². The van der Waals surface area contributed by atoms with Gasteiger partial charge in [0.2, 0.25) is 11.8 Å². The Labute approximate surface area is 171 Å². The topological polar surface area (TPSA) is 99.2 Å². The van der Waals surface area contributed by atoms with Crippen LogP contribution in [0.4, 0.5) is 4.39 Å². The molecule has 1 radical (unpaired) electrons.